The molecule has 34 heavy (non-hydrogen) atoms. The van der Waals surface area contributed by atoms with E-state index in [2.05, 4.69) is 14.8 Å². The Hall–Kier alpha value is -3.18. The Morgan fingerprint density at radius 2 is 1.88 bits per heavy atom. The zero-order chi connectivity index (χ0) is 24.9. The molecule has 13 heteroatoms. The minimum absolute atomic E-state index is 0.213. The molecule has 1 aliphatic heterocycles. The van der Waals surface area contributed by atoms with Crippen LogP contribution in [0.5, 0.6) is 11.5 Å². The fourth-order valence-corrected chi connectivity index (χ4v) is 4.52. The fourth-order valence-electron chi connectivity index (χ4n) is 3.02. The second-order valence-electron chi connectivity index (χ2n) is 7.36. The van der Waals surface area contributed by atoms with Crippen molar-refractivity contribution in [2.45, 2.75) is 32.2 Å². The van der Waals surface area contributed by atoms with Gasteiger partial charge in [-0.3, -0.25) is 23.7 Å². The quantitative estimate of drug-likeness (QED) is 0.283. The van der Waals surface area contributed by atoms with Crippen molar-refractivity contribution in [3.63, 3.8) is 0 Å². The molecule has 0 aliphatic carbocycles. The van der Waals surface area contributed by atoms with Gasteiger partial charge in [0.25, 0.3) is 5.56 Å². The van der Waals surface area contributed by atoms with Crippen molar-refractivity contribution in [3.05, 3.63) is 69.0 Å². The summed E-state index contributed by atoms with van der Waals surface area (Å²) in [5.41, 5.74) is -0.769. The van der Waals surface area contributed by atoms with E-state index in [1.54, 1.807) is 31.2 Å². The maximum Gasteiger partial charge on any atom is 0.459 e. The molecule has 1 unspecified atom stereocenters. The van der Waals surface area contributed by atoms with E-state index in [9.17, 15) is 18.9 Å². The molecule has 0 saturated carbocycles. The van der Waals surface area contributed by atoms with Crippen molar-refractivity contribution >= 4 is 13.7 Å². The van der Waals surface area contributed by atoms with Gasteiger partial charge >= 0.3 is 19.4 Å². The molecule has 1 aliphatic rings. The summed E-state index contributed by atoms with van der Waals surface area (Å²) < 4.78 is 41.3. The van der Waals surface area contributed by atoms with E-state index in [-0.39, 0.29) is 12.4 Å². The number of esters is 1. The molecule has 12 nitrogen and oxygen atoms in total. The number of hydrogen-bond acceptors (Lipinski definition) is 9. The molecule has 2 heterocycles. The van der Waals surface area contributed by atoms with Gasteiger partial charge in [0, 0.05) is 11.8 Å². The van der Waals surface area contributed by atoms with Crippen LogP contribution in [0.4, 0.5) is 0 Å². The number of carbonyl (C=O) groups excluding carboxylic acids is 1. The number of nitrogens with one attached hydrogen (secondary N) is 2. The van der Waals surface area contributed by atoms with E-state index in [1.165, 1.54) is 44.0 Å². The van der Waals surface area contributed by atoms with Crippen LogP contribution in [0.1, 0.15) is 18.7 Å². The summed E-state index contributed by atoms with van der Waals surface area (Å²) in [6, 6.07) is 5.30. The van der Waals surface area contributed by atoms with Crippen molar-refractivity contribution in [3.8, 4) is 11.5 Å². The number of aromatic amines is 1. The SMILES string of the molecule is COC(=O)[C@@H](C)NP(=O)(OC[C@@H]1C=C[C@H](n2cc(C)c(=O)[nH]c2=O)O1)Oc1ccc(OC)cc1. The topological polar surface area (TPSA) is 147 Å². The summed E-state index contributed by atoms with van der Waals surface area (Å²) in [4.78, 5) is 37.7. The second-order valence-corrected chi connectivity index (χ2v) is 9.06. The molecule has 3 rings (SSSR count). The molecule has 0 amide bonds. The van der Waals surface area contributed by atoms with Gasteiger partial charge in [-0.2, -0.15) is 5.09 Å². The number of aryl methyl sites for hydroxylation is 1. The first-order chi connectivity index (χ1) is 16.1. The van der Waals surface area contributed by atoms with Crippen LogP contribution in [0.15, 0.2) is 52.2 Å². The zero-order valence-electron chi connectivity index (χ0n) is 19.0. The predicted molar refractivity (Wildman–Crippen MR) is 121 cm³/mol. The van der Waals surface area contributed by atoms with Crippen LogP contribution in [0.2, 0.25) is 0 Å². The lowest BCUT2D eigenvalue weighted by molar-refractivity contribution is -0.142. The van der Waals surface area contributed by atoms with Gasteiger partial charge in [0.2, 0.25) is 0 Å². The maximum atomic E-state index is 13.4. The summed E-state index contributed by atoms with van der Waals surface area (Å²) >= 11 is 0. The summed E-state index contributed by atoms with van der Waals surface area (Å²) in [7, 11) is -1.37. The van der Waals surface area contributed by atoms with E-state index in [1.807, 2.05) is 0 Å². The number of methoxy groups -OCH3 is 2. The van der Waals surface area contributed by atoms with Gasteiger partial charge in [-0.05, 0) is 44.2 Å². The van der Waals surface area contributed by atoms with E-state index < -0.39 is 43.3 Å². The lowest BCUT2D eigenvalue weighted by Gasteiger charge is -2.24. The summed E-state index contributed by atoms with van der Waals surface area (Å²) in [6.07, 6.45) is 3.13. The lowest BCUT2D eigenvalue weighted by atomic mass is 10.3. The minimum Gasteiger partial charge on any atom is -0.497 e. The smallest absolute Gasteiger partial charge is 0.459 e. The molecule has 1 aromatic carbocycles. The highest BCUT2D eigenvalue weighted by molar-refractivity contribution is 7.52. The fraction of sp³-hybridized carbons (Fsp3) is 0.381. The lowest BCUT2D eigenvalue weighted by Crippen LogP contribution is -2.35. The second kappa shape index (κ2) is 10.8. The number of aromatic nitrogens is 2. The number of ether oxygens (including phenoxy) is 3. The molecule has 0 saturated heterocycles. The molecule has 4 atom stereocenters. The number of hydrogen-bond donors (Lipinski definition) is 2. The Bertz CT molecular complexity index is 1210. The average molecular weight is 495 g/mol. The van der Waals surface area contributed by atoms with Crippen LogP contribution >= 0.6 is 7.75 Å². The van der Waals surface area contributed by atoms with Crippen LogP contribution in [0.25, 0.3) is 0 Å². The van der Waals surface area contributed by atoms with E-state index in [0.717, 1.165) is 0 Å². The summed E-state index contributed by atoms with van der Waals surface area (Å²) in [5.74, 6) is 0.124. The molecule has 0 radical (unpaired) electrons. The van der Waals surface area contributed by atoms with Crippen LogP contribution in [0, 0.1) is 6.92 Å². The third kappa shape index (κ3) is 6.23. The number of H-pyrrole nitrogens is 1. The van der Waals surface area contributed by atoms with E-state index in [0.29, 0.717) is 11.3 Å². The molecular formula is C21H26N3O9P. The number of rotatable bonds is 10. The van der Waals surface area contributed by atoms with Crippen molar-refractivity contribution in [2.24, 2.45) is 0 Å². The van der Waals surface area contributed by atoms with E-state index >= 15 is 0 Å². The highest BCUT2D eigenvalue weighted by Crippen LogP contribution is 2.45. The third-order valence-electron chi connectivity index (χ3n) is 4.82. The number of benzene rings is 1. The molecule has 2 aromatic rings. The Kier molecular flexibility index (Phi) is 8.11. The monoisotopic (exact) mass is 495 g/mol. The molecule has 0 spiro atoms. The number of carbonyl (C=O) groups is 1. The van der Waals surface area contributed by atoms with Crippen molar-refractivity contribution in [2.75, 3.05) is 20.8 Å². The van der Waals surface area contributed by atoms with Gasteiger partial charge in [-0.1, -0.05) is 6.08 Å². The van der Waals surface area contributed by atoms with Gasteiger partial charge in [0.05, 0.1) is 20.8 Å². The highest BCUT2D eigenvalue weighted by Gasteiger charge is 2.34. The van der Waals surface area contributed by atoms with Gasteiger partial charge in [0.1, 0.15) is 23.6 Å². The first-order valence-electron chi connectivity index (χ1n) is 10.2. The van der Waals surface area contributed by atoms with Crippen molar-refractivity contribution in [1.82, 2.24) is 14.6 Å². The zero-order valence-corrected chi connectivity index (χ0v) is 19.9. The molecule has 0 bridgehead atoms. The Labute approximate surface area is 195 Å². The predicted octanol–water partition coefficient (Wildman–Crippen LogP) is 1.66. The Morgan fingerprint density at radius 1 is 1.21 bits per heavy atom. The highest BCUT2D eigenvalue weighted by atomic mass is 31.2. The Balaban J connectivity index is 1.71. The minimum atomic E-state index is -4.08. The number of nitrogens with zero attached hydrogens (tertiary/aromatic N) is 1. The van der Waals surface area contributed by atoms with Crippen LogP contribution in [0.3, 0.4) is 0 Å². The maximum absolute atomic E-state index is 13.4. The van der Waals surface area contributed by atoms with Crippen molar-refractivity contribution < 1.29 is 32.6 Å². The third-order valence-corrected chi connectivity index (χ3v) is 6.47. The largest absolute Gasteiger partial charge is 0.497 e. The van der Waals surface area contributed by atoms with Gasteiger partial charge in [-0.25, -0.2) is 9.36 Å². The molecule has 184 valence electrons. The molecule has 0 fully saturated rings. The normalized spacial score (nSPS) is 19.9. The summed E-state index contributed by atoms with van der Waals surface area (Å²) in [5, 5.41) is 2.54. The van der Waals surface area contributed by atoms with Crippen LogP contribution < -0.4 is 25.6 Å². The average Bonchev–Trinajstić information content (AvgIpc) is 3.29. The molecular weight excluding hydrogens is 469 g/mol. The van der Waals surface area contributed by atoms with Gasteiger partial charge < -0.3 is 18.7 Å². The first-order valence-corrected chi connectivity index (χ1v) is 11.8. The molecule has 2 N–H and O–H groups in total. The van der Waals surface area contributed by atoms with Gasteiger partial charge in [-0.15, -0.1) is 0 Å². The van der Waals surface area contributed by atoms with E-state index in [4.69, 9.17) is 18.5 Å². The van der Waals surface area contributed by atoms with Crippen LogP contribution in [-0.2, 0) is 23.4 Å². The first kappa shape index (κ1) is 25.4. The molecule has 1 aromatic heterocycles. The Morgan fingerprint density at radius 3 is 2.53 bits per heavy atom. The standard InChI is InChI=1S/C21H26N3O9P/c1-13-11-24(21(27)22-19(13)25)18-10-9-17(32-18)12-31-34(28,23-14(2)20(26)30-4)33-16-7-5-15(29-3)6-8-16/h5-11,14,17-18H,12H2,1-4H3,(H,23,28)(H,22,25,27)/t14-,17+,18-,34?/m1/s1. The van der Waals surface area contributed by atoms with Crippen molar-refractivity contribution in [1.29, 1.82) is 0 Å². The summed E-state index contributed by atoms with van der Waals surface area (Å²) in [6.45, 7) is 2.79. The van der Waals surface area contributed by atoms with Gasteiger partial charge in [0.15, 0.2) is 6.23 Å². The van der Waals surface area contributed by atoms with Crippen LogP contribution in [-0.4, -0.2) is 48.5 Å².